The number of aromatic nitrogens is 3. The lowest BCUT2D eigenvalue weighted by molar-refractivity contribution is 0.887. The summed E-state index contributed by atoms with van der Waals surface area (Å²) in [5.41, 5.74) is 11.7. The van der Waals surface area contributed by atoms with Crippen molar-refractivity contribution in [3.05, 3.63) is 53.0 Å². The van der Waals surface area contributed by atoms with Crippen molar-refractivity contribution >= 4 is 10.9 Å². The average Bonchev–Trinajstić information content (AvgIpc) is 2.98. The fourth-order valence-electron chi connectivity index (χ4n) is 2.56. The Morgan fingerprint density at radius 3 is 2.84 bits per heavy atom. The molecule has 0 atom stereocenters. The van der Waals surface area contributed by atoms with E-state index in [0.29, 0.717) is 6.54 Å². The second-order valence-electron chi connectivity index (χ2n) is 4.86. The number of nitrogens with two attached hydrogens (primary N) is 1. The van der Waals surface area contributed by atoms with E-state index >= 15 is 0 Å². The van der Waals surface area contributed by atoms with Crippen LogP contribution in [-0.4, -0.2) is 21.7 Å². The van der Waals surface area contributed by atoms with Gasteiger partial charge in [-0.3, -0.25) is 5.10 Å². The van der Waals surface area contributed by atoms with Crippen LogP contribution in [0.15, 0.2) is 30.5 Å². The third-order valence-electron chi connectivity index (χ3n) is 3.64. The molecule has 3 rings (SSSR count). The number of benzene rings is 1. The molecule has 0 spiro atoms. The summed E-state index contributed by atoms with van der Waals surface area (Å²) in [7, 11) is 0. The van der Waals surface area contributed by atoms with Crippen molar-refractivity contribution in [2.75, 3.05) is 6.54 Å². The Balaban J connectivity index is 1.96. The molecule has 0 amide bonds. The van der Waals surface area contributed by atoms with Crippen molar-refractivity contribution in [3.63, 3.8) is 0 Å². The molecule has 4 heteroatoms. The summed E-state index contributed by atoms with van der Waals surface area (Å²) in [6.45, 7) is 2.80. The van der Waals surface area contributed by atoms with Gasteiger partial charge in [-0.25, -0.2) is 0 Å². The van der Waals surface area contributed by atoms with Crippen molar-refractivity contribution in [3.8, 4) is 0 Å². The van der Waals surface area contributed by atoms with E-state index in [1.807, 2.05) is 6.20 Å². The van der Waals surface area contributed by atoms with E-state index in [9.17, 15) is 0 Å². The number of hydrogen-bond acceptors (Lipinski definition) is 2. The van der Waals surface area contributed by atoms with Crippen molar-refractivity contribution in [1.29, 1.82) is 0 Å². The SMILES string of the molecule is Cc1c(Cc2cn[nH]c2CCN)[nH]c2ccccc12. The molecular weight excluding hydrogens is 236 g/mol. The van der Waals surface area contributed by atoms with Gasteiger partial charge < -0.3 is 10.7 Å². The van der Waals surface area contributed by atoms with Crippen LogP contribution in [0.3, 0.4) is 0 Å². The maximum atomic E-state index is 5.62. The highest BCUT2D eigenvalue weighted by molar-refractivity contribution is 5.84. The number of nitrogens with zero attached hydrogens (tertiary/aromatic N) is 1. The summed E-state index contributed by atoms with van der Waals surface area (Å²) in [4.78, 5) is 3.50. The first-order valence-electron chi connectivity index (χ1n) is 6.57. The van der Waals surface area contributed by atoms with Gasteiger partial charge in [0, 0.05) is 35.1 Å². The van der Waals surface area contributed by atoms with E-state index in [1.165, 1.54) is 27.7 Å². The van der Waals surface area contributed by atoms with Gasteiger partial charge in [0.15, 0.2) is 0 Å². The largest absolute Gasteiger partial charge is 0.358 e. The van der Waals surface area contributed by atoms with Crippen LogP contribution < -0.4 is 5.73 Å². The van der Waals surface area contributed by atoms with Gasteiger partial charge in [0.05, 0.1) is 6.20 Å². The van der Waals surface area contributed by atoms with E-state index < -0.39 is 0 Å². The quantitative estimate of drug-likeness (QED) is 0.668. The first kappa shape index (κ1) is 12.0. The predicted octanol–water partition coefficient (Wildman–Crippen LogP) is 2.29. The van der Waals surface area contributed by atoms with Crippen molar-refractivity contribution < 1.29 is 0 Å². The number of aryl methyl sites for hydroxylation is 1. The average molecular weight is 254 g/mol. The van der Waals surface area contributed by atoms with E-state index in [1.54, 1.807) is 0 Å². The second kappa shape index (κ2) is 4.90. The highest BCUT2D eigenvalue weighted by Gasteiger charge is 2.11. The molecule has 2 heterocycles. The van der Waals surface area contributed by atoms with Crippen LogP contribution in [0.1, 0.15) is 22.5 Å². The number of rotatable bonds is 4. The van der Waals surface area contributed by atoms with Crippen LogP contribution in [0.4, 0.5) is 0 Å². The third kappa shape index (κ3) is 2.15. The van der Waals surface area contributed by atoms with Gasteiger partial charge in [-0.1, -0.05) is 18.2 Å². The number of H-pyrrole nitrogens is 2. The Hall–Kier alpha value is -2.07. The molecule has 98 valence electrons. The van der Waals surface area contributed by atoms with E-state index in [2.05, 4.69) is 46.4 Å². The van der Waals surface area contributed by atoms with Crippen LogP contribution in [0.2, 0.25) is 0 Å². The molecule has 2 aromatic heterocycles. The number of nitrogens with one attached hydrogen (secondary N) is 2. The van der Waals surface area contributed by atoms with Crippen LogP contribution in [0, 0.1) is 6.92 Å². The van der Waals surface area contributed by atoms with Crippen molar-refractivity contribution in [2.45, 2.75) is 19.8 Å². The smallest absolute Gasteiger partial charge is 0.0526 e. The van der Waals surface area contributed by atoms with Crippen LogP contribution in [0.5, 0.6) is 0 Å². The molecule has 0 aliphatic heterocycles. The maximum absolute atomic E-state index is 5.62. The zero-order valence-electron chi connectivity index (χ0n) is 11.0. The number of fused-ring (bicyclic) bond motifs is 1. The van der Waals surface area contributed by atoms with Gasteiger partial charge in [-0.15, -0.1) is 0 Å². The van der Waals surface area contributed by atoms with Gasteiger partial charge in [-0.2, -0.15) is 5.10 Å². The van der Waals surface area contributed by atoms with Crippen molar-refractivity contribution in [1.82, 2.24) is 15.2 Å². The van der Waals surface area contributed by atoms with Gasteiger partial charge in [0.25, 0.3) is 0 Å². The molecule has 0 saturated carbocycles. The van der Waals surface area contributed by atoms with Crippen LogP contribution in [0.25, 0.3) is 10.9 Å². The molecule has 1 aromatic carbocycles. The van der Waals surface area contributed by atoms with E-state index in [0.717, 1.165) is 18.5 Å². The minimum absolute atomic E-state index is 0.640. The number of aromatic amines is 2. The van der Waals surface area contributed by atoms with Crippen LogP contribution >= 0.6 is 0 Å². The lowest BCUT2D eigenvalue weighted by Gasteiger charge is -2.02. The molecule has 0 aliphatic rings. The topological polar surface area (TPSA) is 70.5 Å². The molecule has 4 N–H and O–H groups in total. The molecule has 0 radical (unpaired) electrons. The third-order valence-corrected chi connectivity index (χ3v) is 3.64. The molecule has 19 heavy (non-hydrogen) atoms. The maximum Gasteiger partial charge on any atom is 0.0526 e. The number of para-hydroxylation sites is 1. The van der Waals surface area contributed by atoms with Gasteiger partial charge >= 0.3 is 0 Å². The fourth-order valence-corrected chi connectivity index (χ4v) is 2.56. The Morgan fingerprint density at radius 2 is 2.05 bits per heavy atom. The van der Waals surface area contributed by atoms with E-state index in [-0.39, 0.29) is 0 Å². The second-order valence-corrected chi connectivity index (χ2v) is 4.86. The monoisotopic (exact) mass is 254 g/mol. The first-order valence-corrected chi connectivity index (χ1v) is 6.57. The molecule has 0 aliphatic carbocycles. The highest BCUT2D eigenvalue weighted by Crippen LogP contribution is 2.23. The van der Waals surface area contributed by atoms with Gasteiger partial charge in [-0.05, 0) is 30.7 Å². The zero-order valence-corrected chi connectivity index (χ0v) is 11.0. The fraction of sp³-hybridized carbons (Fsp3) is 0.267. The van der Waals surface area contributed by atoms with E-state index in [4.69, 9.17) is 5.73 Å². The minimum atomic E-state index is 0.640. The molecular formula is C15H18N4. The predicted molar refractivity (Wildman–Crippen MR) is 77.2 cm³/mol. The zero-order chi connectivity index (χ0) is 13.2. The lowest BCUT2D eigenvalue weighted by Crippen LogP contribution is -2.05. The molecule has 0 bridgehead atoms. The Labute approximate surface area is 112 Å². The molecule has 4 nitrogen and oxygen atoms in total. The van der Waals surface area contributed by atoms with Crippen LogP contribution in [-0.2, 0) is 12.8 Å². The first-order chi connectivity index (χ1) is 9.29. The molecule has 0 unspecified atom stereocenters. The van der Waals surface area contributed by atoms with Gasteiger partial charge in [0.1, 0.15) is 0 Å². The summed E-state index contributed by atoms with van der Waals surface area (Å²) in [6, 6.07) is 8.40. The Morgan fingerprint density at radius 1 is 1.21 bits per heavy atom. The lowest BCUT2D eigenvalue weighted by atomic mass is 10.1. The summed E-state index contributed by atoms with van der Waals surface area (Å²) in [5, 5.41) is 8.46. The summed E-state index contributed by atoms with van der Waals surface area (Å²) < 4.78 is 0. The molecule has 0 saturated heterocycles. The van der Waals surface area contributed by atoms with Gasteiger partial charge in [0.2, 0.25) is 0 Å². The highest BCUT2D eigenvalue weighted by atomic mass is 15.1. The van der Waals surface area contributed by atoms with Crippen molar-refractivity contribution in [2.24, 2.45) is 5.73 Å². The normalized spacial score (nSPS) is 11.3. The Kier molecular flexibility index (Phi) is 3.09. The molecule has 0 fully saturated rings. The summed E-state index contributed by atoms with van der Waals surface area (Å²) in [5.74, 6) is 0. The summed E-state index contributed by atoms with van der Waals surface area (Å²) >= 11 is 0. The number of hydrogen-bond donors (Lipinski definition) is 3. The summed E-state index contributed by atoms with van der Waals surface area (Å²) in [6.07, 6.45) is 3.61. The molecule has 3 aromatic rings. The minimum Gasteiger partial charge on any atom is -0.358 e. The Bertz CT molecular complexity index is 693. The standard InChI is InChI=1S/C15H18N4/c1-10-12-4-2-3-5-14(12)18-15(10)8-11-9-17-19-13(11)6-7-16/h2-5,9,18H,6-8,16H2,1H3,(H,17,19).